The molecule has 7 nitrogen and oxygen atoms in total. The molecule has 1 amide bonds. The number of nitrogens with zero attached hydrogens (tertiary/aromatic N) is 5. The van der Waals surface area contributed by atoms with Crippen molar-refractivity contribution in [2.45, 2.75) is 13.5 Å². The lowest BCUT2D eigenvalue weighted by Gasteiger charge is -2.08. The van der Waals surface area contributed by atoms with Gasteiger partial charge < -0.3 is 10.2 Å². The Morgan fingerprint density at radius 3 is 2.80 bits per heavy atom. The van der Waals surface area contributed by atoms with Gasteiger partial charge >= 0.3 is 0 Å². The van der Waals surface area contributed by atoms with Gasteiger partial charge in [-0.25, -0.2) is 0 Å². The average molecular weight is 276 g/mol. The maximum atomic E-state index is 12.1. The molecule has 2 aromatic rings. The summed E-state index contributed by atoms with van der Waals surface area (Å²) in [4.78, 5) is 14.2. The fourth-order valence-corrected chi connectivity index (χ4v) is 1.87. The molecule has 2 rings (SSSR count). The topological polar surface area (TPSA) is 68.0 Å². The van der Waals surface area contributed by atoms with Crippen molar-refractivity contribution in [3.05, 3.63) is 29.8 Å². The molecule has 0 fully saturated rings. The van der Waals surface area contributed by atoms with Crippen LogP contribution in [0.15, 0.2) is 18.5 Å². The first kappa shape index (κ1) is 14.3. The van der Waals surface area contributed by atoms with Crippen molar-refractivity contribution in [2.75, 3.05) is 26.0 Å². The first-order valence-electron chi connectivity index (χ1n) is 6.45. The summed E-state index contributed by atoms with van der Waals surface area (Å²) >= 11 is 0. The average Bonchev–Trinajstić information content (AvgIpc) is 2.93. The fraction of sp³-hybridized carbons (Fsp3) is 0.462. The fourth-order valence-electron chi connectivity index (χ4n) is 1.87. The zero-order valence-electron chi connectivity index (χ0n) is 12.3. The van der Waals surface area contributed by atoms with Crippen LogP contribution in [0, 0.1) is 6.92 Å². The van der Waals surface area contributed by atoms with Crippen molar-refractivity contribution < 1.29 is 4.79 Å². The zero-order valence-corrected chi connectivity index (χ0v) is 12.3. The highest BCUT2D eigenvalue weighted by atomic mass is 16.2. The first-order valence-corrected chi connectivity index (χ1v) is 6.45. The van der Waals surface area contributed by atoms with Crippen LogP contribution >= 0.6 is 0 Å². The molecule has 0 aliphatic heterocycles. The molecule has 0 radical (unpaired) electrons. The van der Waals surface area contributed by atoms with Crippen molar-refractivity contribution in [1.29, 1.82) is 0 Å². The number of hydrogen-bond donors (Lipinski definition) is 1. The molecular weight excluding hydrogens is 256 g/mol. The van der Waals surface area contributed by atoms with Gasteiger partial charge in [-0.05, 0) is 27.1 Å². The number of hydrogen-bond acceptors (Lipinski definition) is 4. The number of anilines is 1. The lowest BCUT2D eigenvalue weighted by molar-refractivity contribution is 0.101. The van der Waals surface area contributed by atoms with E-state index in [2.05, 4.69) is 20.4 Å². The molecule has 1 N–H and O–H groups in total. The van der Waals surface area contributed by atoms with Gasteiger partial charge in [0.15, 0.2) is 0 Å². The molecule has 20 heavy (non-hydrogen) atoms. The maximum Gasteiger partial charge on any atom is 0.274 e. The smallest absolute Gasteiger partial charge is 0.274 e. The van der Waals surface area contributed by atoms with E-state index >= 15 is 0 Å². The highest BCUT2D eigenvalue weighted by Gasteiger charge is 2.12. The van der Waals surface area contributed by atoms with Gasteiger partial charge in [0, 0.05) is 19.8 Å². The number of rotatable bonds is 5. The van der Waals surface area contributed by atoms with Gasteiger partial charge in [0.05, 0.1) is 24.1 Å². The van der Waals surface area contributed by atoms with Crippen molar-refractivity contribution in [3.8, 4) is 0 Å². The van der Waals surface area contributed by atoms with Gasteiger partial charge in [-0.1, -0.05) is 0 Å². The summed E-state index contributed by atoms with van der Waals surface area (Å²) in [5.41, 5.74) is 2.04. The molecule has 0 bridgehead atoms. The summed E-state index contributed by atoms with van der Waals surface area (Å²) in [7, 11) is 5.77. The number of aromatic nitrogens is 4. The van der Waals surface area contributed by atoms with E-state index in [1.54, 1.807) is 24.0 Å². The molecule has 0 aliphatic carbocycles. The maximum absolute atomic E-state index is 12.1. The number of nitrogens with one attached hydrogen (secondary N) is 1. The lowest BCUT2D eigenvalue weighted by atomic mass is 10.3. The minimum atomic E-state index is -0.180. The highest BCUT2D eigenvalue weighted by molar-refractivity contribution is 6.02. The van der Waals surface area contributed by atoms with Crippen LogP contribution in [-0.2, 0) is 13.6 Å². The van der Waals surface area contributed by atoms with E-state index in [0.717, 1.165) is 18.8 Å². The quantitative estimate of drug-likeness (QED) is 0.874. The minimum absolute atomic E-state index is 0.180. The Kier molecular flexibility index (Phi) is 4.19. The number of amides is 1. The van der Waals surface area contributed by atoms with Crippen LogP contribution in [0.25, 0.3) is 0 Å². The van der Waals surface area contributed by atoms with Crippen LogP contribution in [0.5, 0.6) is 0 Å². The number of likely N-dealkylation sites (N-methyl/N-ethyl adjacent to an activating group) is 1. The van der Waals surface area contributed by atoms with E-state index in [-0.39, 0.29) is 5.91 Å². The van der Waals surface area contributed by atoms with E-state index < -0.39 is 0 Å². The Balaban J connectivity index is 2.00. The Bertz CT molecular complexity index is 598. The molecule has 0 aliphatic rings. The lowest BCUT2D eigenvalue weighted by Crippen LogP contribution is -2.18. The first-order chi connectivity index (χ1) is 9.45. The Morgan fingerprint density at radius 1 is 1.45 bits per heavy atom. The molecule has 0 saturated heterocycles. The highest BCUT2D eigenvalue weighted by Crippen LogP contribution is 2.09. The predicted molar refractivity (Wildman–Crippen MR) is 76.7 cm³/mol. The second-order valence-electron chi connectivity index (χ2n) is 5.04. The Morgan fingerprint density at radius 2 is 2.20 bits per heavy atom. The number of aryl methyl sites for hydroxylation is 2. The SMILES string of the molecule is Cc1cc(C(=O)Nc2cnn(CCN(C)C)c2)n(C)n1. The molecule has 7 heteroatoms. The summed E-state index contributed by atoms with van der Waals surface area (Å²) in [5, 5.41) is 11.2. The van der Waals surface area contributed by atoms with E-state index in [9.17, 15) is 4.79 Å². The van der Waals surface area contributed by atoms with Gasteiger partial charge in [0.2, 0.25) is 0 Å². The second-order valence-corrected chi connectivity index (χ2v) is 5.04. The molecule has 2 heterocycles. The third kappa shape index (κ3) is 3.45. The van der Waals surface area contributed by atoms with Gasteiger partial charge in [0.25, 0.3) is 5.91 Å². The number of carbonyl (C=O) groups excluding carboxylic acids is 1. The van der Waals surface area contributed by atoms with Crippen LogP contribution in [0.2, 0.25) is 0 Å². The molecule has 0 aromatic carbocycles. The van der Waals surface area contributed by atoms with Crippen LogP contribution < -0.4 is 5.32 Å². The zero-order chi connectivity index (χ0) is 14.7. The third-order valence-electron chi connectivity index (χ3n) is 2.90. The van der Waals surface area contributed by atoms with Crippen LogP contribution in [-0.4, -0.2) is 51.0 Å². The van der Waals surface area contributed by atoms with Crippen LogP contribution in [0.3, 0.4) is 0 Å². The van der Waals surface area contributed by atoms with Gasteiger partial charge in [-0.15, -0.1) is 0 Å². The van der Waals surface area contributed by atoms with E-state index in [1.165, 1.54) is 0 Å². The van der Waals surface area contributed by atoms with Gasteiger partial charge in [0.1, 0.15) is 5.69 Å². The van der Waals surface area contributed by atoms with Crippen molar-refractivity contribution in [1.82, 2.24) is 24.5 Å². The summed E-state index contributed by atoms with van der Waals surface area (Å²) in [5.74, 6) is -0.180. The predicted octanol–water partition coefficient (Wildman–Crippen LogP) is 0.739. The van der Waals surface area contributed by atoms with E-state index in [0.29, 0.717) is 11.4 Å². The van der Waals surface area contributed by atoms with Gasteiger partial charge in [-0.2, -0.15) is 10.2 Å². The molecule has 0 spiro atoms. The molecule has 0 unspecified atom stereocenters. The molecular formula is C13H20N6O. The normalized spacial score (nSPS) is 11.1. The van der Waals surface area contributed by atoms with E-state index in [1.807, 2.05) is 31.9 Å². The summed E-state index contributed by atoms with van der Waals surface area (Å²) in [6.45, 7) is 3.54. The van der Waals surface area contributed by atoms with Crippen LogP contribution in [0.1, 0.15) is 16.2 Å². The largest absolute Gasteiger partial charge is 0.318 e. The molecule has 0 saturated carbocycles. The second kappa shape index (κ2) is 5.87. The summed E-state index contributed by atoms with van der Waals surface area (Å²) in [6, 6.07) is 1.76. The monoisotopic (exact) mass is 276 g/mol. The Labute approximate surface area is 118 Å². The van der Waals surface area contributed by atoms with Gasteiger partial charge in [-0.3, -0.25) is 14.2 Å². The van der Waals surface area contributed by atoms with E-state index in [4.69, 9.17) is 0 Å². The van der Waals surface area contributed by atoms with Crippen LogP contribution in [0.4, 0.5) is 5.69 Å². The standard InChI is InChI=1S/C13H20N6O/c1-10-7-12(18(4)16-10)13(20)15-11-8-14-19(9-11)6-5-17(2)3/h7-9H,5-6H2,1-4H3,(H,15,20). The molecule has 108 valence electrons. The number of carbonyl (C=O) groups is 1. The molecule has 0 atom stereocenters. The minimum Gasteiger partial charge on any atom is -0.318 e. The van der Waals surface area contributed by atoms with Crippen molar-refractivity contribution >= 4 is 11.6 Å². The Hall–Kier alpha value is -2.15. The van der Waals surface area contributed by atoms with Crippen molar-refractivity contribution in [2.24, 2.45) is 7.05 Å². The summed E-state index contributed by atoms with van der Waals surface area (Å²) < 4.78 is 3.38. The molecule has 2 aromatic heterocycles. The van der Waals surface area contributed by atoms with Crippen molar-refractivity contribution in [3.63, 3.8) is 0 Å². The third-order valence-corrected chi connectivity index (χ3v) is 2.90. The summed E-state index contributed by atoms with van der Waals surface area (Å²) in [6.07, 6.45) is 3.47.